The van der Waals surface area contributed by atoms with E-state index in [4.69, 9.17) is 5.73 Å². The Balaban J connectivity index is 1.58. The van der Waals surface area contributed by atoms with Gasteiger partial charge >= 0.3 is 0 Å². The van der Waals surface area contributed by atoms with Crippen LogP contribution < -0.4 is 11.1 Å². The van der Waals surface area contributed by atoms with Gasteiger partial charge in [0, 0.05) is 18.0 Å². The molecule has 1 amide bonds. The van der Waals surface area contributed by atoms with E-state index in [1.54, 1.807) is 18.2 Å². The van der Waals surface area contributed by atoms with Gasteiger partial charge in [-0.05, 0) is 36.1 Å². The van der Waals surface area contributed by atoms with Gasteiger partial charge in [-0.3, -0.25) is 4.79 Å². The first kappa shape index (κ1) is 19.3. The van der Waals surface area contributed by atoms with Crippen molar-refractivity contribution in [2.24, 2.45) is 16.0 Å². The number of hydrogen-bond acceptors (Lipinski definition) is 7. The maximum atomic E-state index is 13.4. The van der Waals surface area contributed by atoms with E-state index in [1.165, 1.54) is 24.1 Å². The normalized spacial score (nSPS) is 20.1. The molecule has 0 radical (unpaired) electrons. The van der Waals surface area contributed by atoms with Crippen LogP contribution >= 0.6 is 11.9 Å². The summed E-state index contributed by atoms with van der Waals surface area (Å²) in [5.41, 5.74) is 8.19. The summed E-state index contributed by atoms with van der Waals surface area (Å²) < 4.78 is 17.9. The van der Waals surface area contributed by atoms with Crippen LogP contribution in [-0.2, 0) is 17.8 Å². The number of fused-ring (bicyclic) bond motifs is 1. The Morgan fingerprint density at radius 2 is 2.21 bits per heavy atom. The Morgan fingerprint density at radius 1 is 1.34 bits per heavy atom. The lowest BCUT2D eigenvalue weighted by Gasteiger charge is -2.20. The van der Waals surface area contributed by atoms with Crippen LogP contribution in [0.3, 0.4) is 0 Å². The van der Waals surface area contributed by atoms with Crippen molar-refractivity contribution in [3.63, 3.8) is 0 Å². The second kappa shape index (κ2) is 8.12. The molecular weight excluding hydrogens is 391 g/mol. The second-order valence-corrected chi connectivity index (χ2v) is 7.57. The molecule has 1 aliphatic heterocycles. The van der Waals surface area contributed by atoms with Gasteiger partial charge in [0.05, 0.1) is 5.25 Å². The second-order valence-electron chi connectivity index (χ2n) is 6.67. The number of aromatic nitrogens is 3. The van der Waals surface area contributed by atoms with Crippen molar-refractivity contribution < 1.29 is 9.18 Å². The molecule has 0 spiro atoms. The van der Waals surface area contributed by atoms with E-state index < -0.39 is 5.91 Å². The number of carbonyl (C=O) groups excluding carboxylic acids is 1. The minimum Gasteiger partial charge on any atom is -0.366 e. The Labute approximate surface area is 171 Å². The number of hydrogen-bond donors (Lipinski definition) is 2. The zero-order chi connectivity index (χ0) is 20.4. The van der Waals surface area contributed by atoms with Crippen molar-refractivity contribution in [1.82, 2.24) is 15.2 Å². The number of nitrogens with one attached hydrogen (secondary N) is 1. The van der Waals surface area contributed by atoms with E-state index in [0.29, 0.717) is 41.6 Å². The number of halogens is 1. The summed E-state index contributed by atoms with van der Waals surface area (Å²) >= 11 is 1.29. The van der Waals surface area contributed by atoms with Crippen molar-refractivity contribution in [1.29, 1.82) is 0 Å². The van der Waals surface area contributed by atoms with Crippen LogP contribution in [0.4, 0.5) is 10.2 Å². The van der Waals surface area contributed by atoms with Gasteiger partial charge in [-0.2, -0.15) is 0 Å². The van der Waals surface area contributed by atoms with Crippen LogP contribution in [0.15, 0.2) is 52.5 Å². The molecule has 7 nitrogen and oxygen atoms in total. The molecule has 9 heteroatoms. The highest BCUT2D eigenvalue weighted by atomic mass is 32.2. The summed E-state index contributed by atoms with van der Waals surface area (Å²) in [5.74, 6) is 0.110. The molecule has 29 heavy (non-hydrogen) atoms. The molecule has 2 heterocycles. The van der Waals surface area contributed by atoms with Crippen molar-refractivity contribution >= 4 is 29.4 Å². The van der Waals surface area contributed by atoms with Gasteiger partial charge in [0.25, 0.3) is 0 Å². The van der Waals surface area contributed by atoms with Crippen molar-refractivity contribution in [3.8, 4) is 0 Å². The highest BCUT2D eigenvalue weighted by Gasteiger charge is 2.39. The maximum Gasteiger partial charge on any atom is 0.245 e. The summed E-state index contributed by atoms with van der Waals surface area (Å²) in [5, 5.41) is 11.6. The number of nitrogens with two attached hydrogens (primary N) is 1. The van der Waals surface area contributed by atoms with Crippen LogP contribution in [0.2, 0.25) is 0 Å². The number of aryl methyl sites for hydroxylation is 1. The number of carbonyl (C=O) groups is 1. The van der Waals surface area contributed by atoms with Crippen molar-refractivity contribution in [3.05, 3.63) is 71.0 Å². The predicted molar refractivity (Wildman–Crippen MR) is 111 cm³/mol. The molecule has 0 bridgehead atoms. The first-order valence-electron chi connectivity index (χ1n) is 9.21. The van der Waals surface area contributed by atoms with E-state index in [0.717, 1.165) is 5.56 Å². The first-order valence-corrected chi connectivity index (χ1v) is 10.0. The molecule has 2 aromatic rings. The van der Waals surface area contributed by atoms with Gasteiger partial charge in [-0.15, -0.1) is 10.2 Å². The van der Waals surface area contributed by atoms with Crippen LogP contribution in [0, 0.1) is 11.7 Å². The number of allylic oxidation sites excluding steroid dienone is 3. The first-order chi connectivity index (χ1) is 14.1. The lowest BCUT2D eigenvalue weighted by atomic mass is 9.89. The van der Waals surface area contributed by atoms with Gasteiger partial charge in [0.15, 0.2) is 11.6 Å². The number of primary amides is 1. The third-order valence-corrected chi connectivity index (χ3v) is 5.84. The SMILES string of the molecule is CCc1nnc(C2=NSC3C(C(N)=O)=CC=CC23)nc1NCc1cccc(F)c1. The standard InChI is InChI=1S/C20H19FN6OS/c1-2-15-19(23-10-11-5-3-6-12(21)9-11)24-20(26-25-15)16-13-7-4-8-14(18(22)28)17(13)29-27-16/h3-9,13,17H,2,10H2,1H3,(H2,22,28)(H,23,24,26). The number of benzene rings is 1. The van der Waals surface area contributed by atoms with Crippen molar-refractivity contribution in [2.45, 2.75) is 25.1 Å². The van der Waals surface area contributed by atoms with Gasteiger partial charge in [0.2, 0.25) is 5.91 Å². The molecule has 2 atom stereocenters. The molecule has 1 aromatic heterocycles. The fraction of sp³-hybridized carbons (Fsp3) is 0.250. The smallest absolute Gasteiger partial charge is 0.245 e. The lowest BCUT2D eigenvalue weighted by molar-refractivity contribution is -0.114. The Kier molecular flexibility index (Phi) is 5.39. The van der Waals surface area contributed by atoms with E-state index >= 15 is 0 Å². The average Bonchev–Trinajstić information content (AvgIpc) is 3.16. The van der Waals surface area contributed by atoms with E-state index in [2.05, 4.69) is 24.9 Å². The van der Waals surface area contributed by atoms with E-state index in [9.17, 15) is 9.18 Å². The summed E-state index contributed by atoms with van der Waals surface area (Å²) in [7, 11) is 0. The van der Waals surface area contributed by atoms with E-state index in [1.807, 2.05) is 19.1 Å². The topological polar surface area (TPSA) is 106 Å². The third kappa shape index (κ3) is 3.91. The van der Waals surface area contributed by atoms with Crippen molar-refractivity contribution in [2.75, 3.05) is 5.32 Å². The lowest BCUT2D eigenvalue weighted by Crippen LogP contribution is -2.31. The highest BCUT2D eigenvalue weighted by Crippen LogP contribution is 2.39. The molecule has 1 aromatic carbocycles. The number of amides is 1. The zero-order valence-corrected chi connectivity index (χ0v) is 16.5. The molecule has 3 N–H and O–H groups in total. The van der Waals surface area contributed by atoms with Crippen LogP contribution in [0.5, 0.6) is 0 Å². The predicted octanol–water partition coefficient (Wildman–Crippen LogP) is 2.60. The molecule has 2 aliphatic rings. The Morgan fingerprint density at radius 3 is 2.97 bits per heavy atom. The highest BCUT2D eigenvalue weighted by molar-refractivity contribution is 7.99. The number of anilines is 1. The summed E-state index contributed by atoms with van der Waals surface area (Å²) in [6, 6.07) is 6.38. The quantitative estimate of drug-likeness (QED) is 0.709. The molecular formula is C20H19FN6OS. The molecule has 1 aliphatic carbocycles. The monoisotopic (exact) mass is 410 g/mol. The van der Waals surface area contributed by atoms with Gasteiger partial charge in [-0.25, -0.2) is 13.8 Å². The maximum absolute atomic E-state index is 13.4. The Hall–Kier alpha value is -3.07. The summed E-state index contributed by atoms with van der Waals surface area (Å²) in [4.78, 5) is 16.3. The largest absolute Gasteiger partial charge is 0.366 e. The van der Waals surface area contributed by atoms with Gasteiger partial charge in [-0.1, -0.05) is 37.3 Å². The molecule has 148 valence electrons. The van der Waals surface area contributed by atoms with Gasteiger partial charge < -0.3 is 11.1 Å². The minimum atomic E-state index is -0.453. The zero-order valence-electron chi connectivity index (χ0n) is 15.7. The molecule has 4 rings (SSSR count). The molecule has 0 fully saturated rings. The van der Waals surface area contributed by atoms with Crippen LogP contribution in [0.1, 0.15) is 24.0 Å². The fourth-order valence-electron chi connectivity index (χ4n) is 3.28. The minimum absolute atomic E-state index is 0.141. The fourth-order valence-corrected chi connectivity index (χ4v) is 4.37. The third-order valence-electron chi connectivity index (χ3n) is 4.76. The number of rotatable bonds is 6. The molecule has 2 unspecified atom stereocenters. The summed E-state index contributed by atoms with van der Waals surface area (Å²) in [6.07, 6.45) is 6.14. The average molecular weight is 410 g/mol. The van der Waals surface area contributed by atoms with Gasteiger partial charge in [0.1, 0.15) is 17.2 Å². The molecule has 0 saturated carbocycles. The summed E-state index contributed by atoms with van der Waals surface area (Å²) in [6.45, 7) is 2.37. The Bertz CT molecular complexity index is 1050. The molecule has 0 saturated heterocycles. The van der Waals surface area contributed by atoms with Crippen LogP contribution in [0.25, 0.3) is 0 Å². The van der Waals surface area contributed by atoms with Crippen LogP contribution in [-0.4, -0.2) is 32.1 Å². The number of nitrogens with zero attached hydrogens (tertiary/aromatic N) is 4. The van der Waals surface area contributed by atoms with E-state index in [-0.39, 0.29) is 17.0 Å².